The molecular formula is C16H35N3O6. The third-order valence-corrected chi connectivity index (χ3v) is 2.59. The molecule has 1 amide bonds. The molecule has 0 radical (unpaired) electrons. The summed E-state index contributed by atoms with van der Waals surface area (Å²) >= 11 is 0. The van der Waals surface area contributed by atoms with E-state index >= 15 is 0 Å². The van der Waals surface area contributed by atoms with E-state index in [2.05, 4.69) is 17.6 Å². The van der Waals surface area contributed by atoms with Gasteiger partial charge in [0.2, 0.25) is 5.91 Å². The average molecular weight is 365 g/mol. The Morgan fingerprint density at radius 2 is 1.40 bits per heavy atom. The van der Waals surface area contributed by atoms with Crippen molar-refractivity contribution in [3.05, 3.63) is 0 Å². The Kier molecular flexibility index (Phi) is 23.9. The molecule has 0 aliphatic carbocycles. The van der Waals surface area contributed by atoms with Gasteiger partial charge in [-0.15, -0.1) is 0 Å². The van der Waals surface area contributed by atoms with Crippen LogP contribution >= 0.6 is 0 Å². The quantitative estimate of drug-likeness (QED) is 0.296. The summed E-state index contributed by atoms with van der Waals surface area (Å²) in [6.07, 6.45) is 1.06. The molecule has 0 unspecified atom stereocenters. The lowest BCUT2D eigenvalue weighted by Crippen LogP contribution is -2.26. The van der Waals surface area contributed by atoms with Gasteiger partial charge in [0.25, 0.3) is 0 Å². The lowest BCUT2D eigenvalue weighted by molar-refractivity contribution is -0.129. The Bertz CT molecular complexity index is 278. The zero-order valence-electron chi connectivity index (χ0n) is 15.8. The molecule has 0 spiro atoms. The van der Waals surface area contributed by atoms with Crippen molar-refractivity contribution in [1.29, 1.82) is 0 Å². The summed E-state index contributed by atoms with van der Waals surface area (Å²) in [6.45, 7) is 6.97. The molecule has 0 saturated carbocycles. The van der Waals surface area contributed by atoms with E-state index < -0.39 is 0 Å². The molecule has 0 aromatic rings. The van der Waals surface area contributed by atoms with Gasteiger partial charge in [-0.05, 0) is 13.5 Å². The number of rotatable bonds is 16. The molecular weight excluding hydrogens is 330 g/mol. The first kappa shape index (κ1) is 26.1. The van der Waals surface area contributed by atoms with E-state index in [1.54, 1.807) is 0 Å². The van der Waals surface area contributed by atoms with Gasteiger partial charge in [0.05, 0.1) is 39.6 Å². The zero-order valence-corrected chi connectivity index (χ0v) is 15.8. The maximum Gasteiger partial charge on any atom is 0.245 e. The summed E-state index contributed by atoms with van der Waals surface area (Å²) in [7, 11) is 3.40. The highest BCUT2D eigenvalue weighted by molar-refractivity contribution is 5.82. The van der Waals surface area contributed by atoms with Crippen LogP contribution in [0.3, 0.4) is 0 Å². The molecule has 9 nitrogen and oxygen atoms in total. The normalized spacial score (nSPS) is 10.1. The van der Waals surface area contributed by atoms with Crippen LogP contribution in [0, 0.1) is 0 Å². The minimum Gasteiger partial charge on any atom is -0.379 e. The fourth-order valence-electron chi connectivity index (χ4n) is 1.25. The Hall–Kier alpha value is -1.10. The molecule has 0 aromatic heterocycles. The molecule has 0 aliphatic rings. The smallest absolute Gasteiger partial charge is 0.245 e. The molecule has 0 aromatic carbocycles. The predicted octanol–water partition coefficient (Wildman–Crippen LogP) is -1.06. The topological polar surface area (TPSA) is 121 Å². The summed E-state index contributed by atoms with van der Waals surface area (Å²) < 4.78 is 20.5. The van der Waals surface area contributed by atoms with Crippen molar-refractivity contribution in [3.63, 3.8) is 0 Å². The van der Waals surface area contributed by atoms with Gasteiger partial charge in [0.15, 0.2) is 5.78 Å². The lowest BCUT2D eigenvalue weighted by atomic mass is 10.4. The number of hydrogen-bond acceptors (Lipinski definition) is 8. The number of carbonyl (C=O) groups excluding carboxylic acids is 2. The van der Waals surface area contributed by atoms with Crippen LogP contribution in [0.5, 0.6) is 0 Å². The SMILES string of the molecule is CCCOCCOCCOCCNC.CNC(=O)COCC(=O)CN. The van der Waals surface area contributed by atoms with Crippen LogP contribution in [0.1, 0.15) is 13.3 Å². The fourth-order valence-corrected chi connectivity index (χ4v) is 1.25. The van der Waals surface area contributed by atoms with Crippen LogP contribution in [0.2, 0.25) is 0 Å². The molecule has 0 saturated heterocycles. The third-order valence-electron chi connectivity index (χ3n) is 2.59. The summed E-state index contributed by atoms with van der Waals surface area (Å²) in [6, 6.07) is 0. The van der Waals surface area contributed by atoms with Crippen molar-refractivity contribution in [2.45, 2.75) is 13.3 Å². The Morgan fingerprint density at radius 1 is 0.840 bits per heavy atom. The first-order chi connectivity index (χ1) is 12.1. The number of amides is 1. The van der Waals surface area contributed by atoms with Crippen LogP contribution in [-0.2, 0) is 28.5 Å². The van der Waals surface area contributed by atoms with E-state index in [0.717, 1.165) is 26.2 Å². The Labute approximate surface area is 150 Å². The highest BCUT2D eigenvalue weighted by Crippen LogP contribution is 1.82. The van der Waals surface area contributed by atoms with Gasteiger partial charge >= 0.3 is 0 Å². The van der Waals surface area contributed by atoms with Crippen molar-refractivity contribution in [2.75, 3.05) is 80.0 Å². The van der Waals surface area contributed by atoms with E-state index in [9.17, 15) is 9.59 Å². The Morgan fingerprint density at radius 3 is 1.88 bits per heavy atom. The van der Waals surface area contributed by atoms with Gasteiger partial charge < -0.3 is 35.3 Å². The average Bonchev–Trinajstić information content (AvgIpc) is 2.63. The molecule has 0 bridgehead atoms. The van der Waals surface area contributed by atoms with Crippen LogP contribution < -0.4 is 16.4 Å². The summed E-state index contributed by atoms with van der Waals surface area (Å²) in [5, 5.41) is 5.36. The molecule has 0 heterocycles. The zero-order chi connectivity index (χ0) is 19.2. The number of carbonyl (C=O) groups is 2. The molecule has 4 N–H and O–H groups in total. The minimum atomic E-state index is -0.255. The van der Waals surface area contributed by atoms with Crippen molar-refractivity contribution in [1.82, 2.24) is 10.6 Å². The molecule has 9 heteroatoms. The number of Topliss-reactive ketones (excluding diaryl/α,β-unsaturated/α-hetero) is 1. The maximum atomic E-state index is 10.5. The summed E-state index contributed by atoms with van der Waals surface area (Å²) in [5.41, 5.74) is 4.99. The van der Waals surface area contributed by atoms with Gasteiger partial charge in [0.1, 0.15) is 13.2 Å². The molecule has 150 valence electrons. The first-order valence-corrected chi connectivity index (χ1v) is 8.50. The van der Waals surface area contributed by atoms with Gasteiger partial charge in [-0.1, -0.05) is 6.92 Å². The maximum absolute atomic E-state index is 10.5. The van der Waals surface area contributed by atoms with Crippen LogP contribution in [-0.4, -0.2) is 91.7 Å². The van der Waals surface area contributed by atoms with Crippen molar-refractivity contribution in [2.24, 2.45) is 5.73 Å². The lowest BCUT2D eigenvalue weighted by Gasteiger charge is -2.05. The minimum absolute atomic E-state index is 0.0479. The van der Waals surface area contributed by atoms with Gasteiger partial charge in [-0.3, -0.25) is 9.59 Å². The van der Waals surface area contributed by atoms with Crippen molar-refractivity contribution in [3.8, 4) is 0 Å². The molecule has 0 fully saturated rings. The summed E-state index contributed by atoms with van der Waals surface area (Å²) in [5.74, 6) is -0.469. The number of ketones is 1. The van der Waals surface area contributed by atoms with E-state index in [4.69, 9.17) is 24.7 Å². The van der Waals surface area contributed by atoms with Gasteiger partial charge in [0, 0.05) is 20.2 Å². The van der Waals surface area contributed by atoms with Crippen LogP contribution in [0.15, 0.2) is 0 Å². The summed E-state index contributed by atoms with van der Waals surface area (Å²) in [4.78, 5) is 21.0. The number of likely N-dealkylation sites (N-methyl/N-ethyl adjacent to an activating group) is 2. The highest BCUT2D eigenvalue weighted by atomic mass is 16.5. The van der Waals surface area contributed by atoms with Crippen molar-refractivity contribution < 1.29 is 28.5 Å². The van der Waals surface area contributed by atoms with Crippen LogP contribution in [0.25, 0.3) is 0 Å². The second kappa shape index (κ2) is 22.9. The molecule has 25 heavy (non-hydrogen) atoms. The molecule has 0 rings (SSSR count). The standard InChI is InChI=1S/C10H23NO3.C6H12N2O3/c1-3-5-12-7-9-14-10-8-13-6-4-11-2;1-8-6(10)4-11-3-5(9)2-7/h11H,3-10H2,1-2H3;2-4,7H2,1H3,(H,8,10). The van der Waals surface area contributed by atoms with Crippen LogP contribution in [0.4, 0.5) is 0 Å². The molecule has 0 aliphatic heterocycles. The van der Waals surface area contributed by atoms with Gasteiger partial charge in [-0.25, -0.2) is 0 Å². The monoisotopic (exact) mass is 365 g/mol. The highest BCUT2D eigenvalue weighted by Gasteiger charge is 2.00. The number of ether oxygens (including phenoxy) is 4. The number of nitrogens with two attached hydrogens (primary N) is 1. The largest absolute Gasteiger partial charge is 0.379 e. The first-order valence-electron chi connectivity index (χ1n) is 8.50. The van der Waals surface area contributed by atoms with E-state index in [1.807, 2.05) is 7.05 Å². The second-order valence-corrected chi connectivity index (χ2v) is 4.85. The number of hydrogen-bond donors (Lipinski definition) is 3. The Balaban J connectivity index is 0. The van der Waals surface area contributed by atoms with E-state index in [1.165, 1.54) is 7.05 Å². The third kappa shape index (κ3) is 25.3. The van der Waals surface area contributed by atoms with E-state index in [0.29, 0.717) is 26.4 Å². The van der Waals surface area contributed by atoms with Crippen molar-refractivity contribution >= 4 is 11.7 Å². The fraction of sp³-hybridized carbons (Fsp3) is 0.875. The predicted molar refractivity (Wildman–Crippen MR) is 95.6 cm³/mol. The second-order valence-electron chi connectivity index (χ2n) is 4.85. The molecule has 0 atom stereocenters. The number of nitrogens with one attached hydrogen (secondary N) is 2. The van der Waals surface area contributed by atoms with E-state index in [-0.39, 0.29) is 31.4 Å². The van der Waals surface area contributed by atoms with Gasteiger partial charge in [-0.2, -0.15) is 0 Å².